The number of benzene rings is 2. The van der Waals surface area contributed by atoms with Crippen LogP contribution in [0.1, 0.15) is 27.0 Å². The van der Waals surface area contributed by atoms with E-state index in [1.165, 1.54) is 25.3 Å². The van der Waals surface area contributed by atoms with Crippen molar-refractivity contribution in [3.8, 4) is 5.75 Å². The summed E-state index contributed by atoms with van der Waals surface area (Å²) in [6.07, 6.45) is 2.93. The predicted molar refractivity (Wildman–Crippen MR) is 105 cm³/mol. The van der Waals surface area contributed by atoms with Crippen molar-refractivity contribution in [2.24, 2.45) is 0 Å². The average Bonchev–Trinajstić information content (AvgIpc) is 2.65. The molecule has 0 saturated heterocycles. The Morgan fingerprint density at radius 2 is 1.82 bits per heavy atom. The molecule has 146 valence electrons. The molecular weight excluding hydrogens is 386 g/mol. The zero-order valence-electron chi connectivity index (χ0n) is 15.5. The summed E-state index contributed by atoms with van der Waals surface area (Å²) in [4.78, 5) is 33.9. The summed E-state index contributed by atoms with van der Waals surface area (Å²) in [6.45, 7) is 3.45. The number of nitro groups is 1. The maximum Gasteiger partial charge on any atom is 0.343 e. The Labute approximate surface area is 166 Å². The summed E-state index contributed by atoms with van der Waals surface area (Å²) in [6, 6.07) is 7.50. The molecule has 0 amide bonds. The van der Waals surface area contributed by atoms with Crippen molar-refractivity contribution < 1.29 is 24.0 Å². The van der Waals surface area contributed by atoms with Crippen LogP contribution in [0.3, 0.4) is 0 Å². The number of rotatable bonds is 7. The highest BCUT2D eigenvalue weighted by molar-refractivity contribution is 6.32. The van der Waals surface area contributed by atoms with Gasteiger partial charge in [0, 0.05) is 11.6 Å². The number of halogens is 1. The zero-order chi connectivity index (χ0) is 20.8. The number of allylic oxidation sites excluding steroid dienone is 1. The number of methoxy groups -OCH3 is 1. The van der Waals surface area contributed by atoms with Gasteiger partial charge >= 0.3 is 5.97 Å². The number of hydrogen-bond donors (Lipinski definition) is 0. The SMILES string of the molecule is COC(=O)COc1c(C)cc(C=CC(=O)c2ccc(Cl)c([N+](=O)[O-])c2)cc1C. The Morgan fingerprint density at radius 1 is 1.18 bits per heavy atom. The number of nitro benzene ring substituents is 1. The van der Waals surface area contributed by atoms with Crippen molar-refractivity contribution in [3.05, 3.63) is 73.8 Å². The van der Waals surface area contributed by atoms with E-state index in [-0.39, 0.29) is 28.7 Å². The first kappa shape index (κ1) is 21.1. The second-order valence-corrected chi connectivity index (χ2v) is 6.38. The van der Waals surface area contributed by atoms with Crippen LogP contribution in [-0.2, 0) is 9.53 Å². The number of hydrogen-bond acceptors (Lipinski definition) is 6. The largest absolute Gasteiger partial charge is 0.481 e. The lowest BCUT2D eigenvalue weighted by atomic mass is 10.0. The fraction of sp³-hybridized carbons (Fsp3) is 0.200. The van der Waals surface area contributed by atoms with Crippen LogP contribution in [0.4, 0.5) is 5.69 Å². The average molecular weight is 404 g/mol. The predicted octanol–water partition coefficient (Wildman–Crippen LogP) is 4.31. The molecule has 7 nitrogen and oxygen atoms in total. The molecule has 0 atom stereocenters. The first-order chi connectivity index (χ1) is 13.2. The molecule has 28 heavy (non-hydrogen) atoms. The third-order valence-electron chi connectivity index (χ3n) is 3.90. The third-order valence-corrected chi connectivity index (χ3v) is 4.22. The summed E-state index contributed by atoms with van der Waals surface area (Å²) < 4.78 is 10.0. The second kappa shape index (κ2) is 9.14. The summed E-state index contributed by atoms with van der Waals surface area (Å²) in [5, 5.41) is 10.9. The summed E-state index contributed by atoms with van der Waals surface area (Å²) in [7, 11) is 1.28. The highest BCUT2D eigenvalue weighted by atomic mass is 35.5. The normalized spacial score (nSPS) is 10.7. The van der Waals surface area contributed by atoms with E-state index in [0.717, 1.165) is 22.8 Å². The van der Waals surface area contributed by atoms with E-state index in [9.17, 15) is 19.7 Å². The van der Waals surface area contributed by atoms with Crippen molar-refractivity contribution in [3.63, 3.8) is 0 Å². The van der Waals surface area contributed by atoms with Gasteiger partial charge in [0.05, 0.1) is 12.0 Å². The van der Waals surface area contributed by atoms with Gasteiger partial charge in [-0.2, -0.15) is 0 Å². The minimum absolute atomic E-state index is 0.0284. The Morgan fingerprint density at radius 3 is 2.39 bits per heavy atom. The van der Waals surface area contributed by atoms with Gasteiger partial charge in [0.15, 0.2) is 12.4 Å². The maximum absolute atomic E-state index is 12.3. The van der Waals surface area contributed by atoms with Gasteiger partial charge in [0.2, 0.25) is 0 Å². The Kier molecular flexibility index (Phi) is 6.89. The van der Waals surface area contributed by atoms with E-state index in [1.54, 1.807) is 18.2 Å². The Bertz CT molecular complexity index is 944. The molecule has 0 N–H and O–H groups in total. The van der Waals surface area contributed by atoms with Gasteiger partial charge in [-0.1, -0.05) is 17.7 Å². The van der Waals surface area contributed by atoms with Crippen molar-refractivity contribution in [1.82, 2.24) is 0 Å². The van der Waals surface area contributed by atoms with Crippen LogP contribution < -0.4 is 4.74 Å². The quantitative estimate of drug-likeness (QED) is 0.225. The van der Waals surface area contributed by atoms with E-state index in [0.29, 0.717) is 5.75 Å². The van der Waals surface area contributed by atoms with E-state index in [4.69, 9.17) is 16.3 Å². The van der Waals surface area contributed by atoms with Gasteiger partial charge in [-0.05, 0) is 60.9 Å². The number of nitrogens with zero attached hydrogens (tertiary/aromatic N) is 1. The van der Waals surface area contributed by atoms with E-state index >= 15 is 0 Å². The Hall–Kier alpha value is -3.19. The molecule has 0 aliphatic heterocycles. The monoisotopic (exact) mass is 403 g/mol. The van der Waals surface area contributed by atoms with Gasteiger partial charge in [0.25, 0.3) is 5.69 Å². The molecule has 8 heteroatoms. The molecule has 0 saturated carbocycles. The lowest BCUT2D eigenvalue weighted by Gasteiger charge is -2.12. The molecule has 2 aromatic carbocycles. The lowest BCUT2D eigenvalue weighted by molar-refractivity contribution is -0.384. The summed E-state index contributed by atoms with van der Waals surface area (Å²) in [5.74, 6) is -0.297. The van der Waals surface area contributed by atoms with Gasteiger partial charge in [0.1, 0.15) is 10.8 Å². The topological polar surface area (TPSA) is 95.7 Å². The fourth-order valence-electron chi connectivity index (χ4n) is 2.57. The molecule has 0 fully saturated rings. The van der Waals surface area contributed by atoms with Crippen LogP contribution in [0.2, 0.25) is 5.02 Å². The van der Waals surface area contributed by atoms with Crippen LogP contribution in [0.15, 0.2) is 36.4 Å². The molecule has 0 aliphatic carbocycles. The molecule has 0 spiro atoms. The van der Waals surface area contributed by atoms with Crippen molar-refractivity contribution >= 4 is 35.1 Å². The first-order valence-corrected chi connectivity index (χ1v) is 8.58. The van der Waals surface area contributed by atoms with Crippen molar-refractivity contribution in [2.45, 2.75) is 13.8 Å². The number of esters is 1. The van der Waals surface area contributed by atoms with E-state index < -0.39 is 10.9 Å². The molecule has 0 aliphatic rings. The number of carbonyl (C=O) groups is 2. The zero-order valence-corrected chi connectivity index (χ0v) is 16.3. The van der Waals surface area contributed by atoms with E-state index in [2.05, 4.69) is 4.74 Å². The first-order valence-electron chi connectivity index (χ1n) is 8.20. The van der Waals surface area contributed by atoms with Gasteiger partial charge < -0.3 is 9.47 Å². The van der Waals surface area contributed by atoms with Crippen molar-refractivity contribution in [2.75, 3.05) is 13.7 Å². The van der Waals surface area contributed by atoms with Crippen LogP contribution in [0, 0.1) is 24.0 Å². The minimum Gasteiger partial charge on any atom is -0.481 e. The van der Waals surface area contributed by atoms with Crippen LogP contribution in [0.5, 0.6) is 5.75 Å². The number of ketones is 1. The molecule has 2 aromatic rings. The van der Waals surface area contributed by atoms with Gasteiger partial charge in [-0.25, -0.2) is 4.79 Å². The van der Waals surface area contributed by atoms with Crippen molar-refractivity contribution in [1.29, 1.82) is 0 Å². The van der Waals surface area contributed by atoms with Crippen LogP contribution in [0.25, 0.3) is 6.08 Å². The second-order valence-electron chi connectivity index (χ2n) is 5.97. The molecule has 0 bridgehead atoms. The van der Waals surface area contributed by atoms with Gasteiger partial charge in [-0.3, -0.25) is 14.9 Å². The molecule has 0 aromatic heterocycles. The highest BCUT2D eigenvalue weighted by Crippen LogP contribution is 2.27. The highest BCUT2D eigenvalue weighted by Gasteiger charge is 2.15. The van der Waals surface area contributed by atoms with E-state index in [1.807, 2.05) is 13.8 Å². The molecular formula is C20H18ClNO6. The third kappa shape index (κ3) is 5.17. The molecule has 2 rings (SSSR count). The van der Waals surface area contributed by atoms with Gasteiger partial charge in [-0.15, -0.1) is 0 Å². The fourth-order valence-corrected chi connectivity index (χ4v) is 2.76. The molecule has 0 radical (unpaired) electrons. The van der Waals surface area contributed by atoms with Crippen LogP contribution in [-0.4, -0.2) is 30.4 Å². The Balaban J connectivity index is 2.20. The number of aryl methyl sites for hydroxylation is 2. The minimum atomic E-state index is -0.636. The molecule has 0 heterocycles. The lowest BCUT2D eigenvalue weighted by Crippen LogP contribution is -2.13. The summed E-state index contributed by atoms with van der Waals surface area (Å²) >= 11 is 5.76. The standard InChI is InChI=1S/C20H18ClNO6/c1-12-8-14(9-13(2)20(12)28-11-19(24)27-3)4-7-18(23)15-5-6-16(21)17(10-15)22(25)26/h4-10H,11H2,1-3H3. The number of ether oxygens (including phenoxy) is 2. The van der Waals surface area contributed by atoms with Crippen LogP contribution >= 0.6 is 11.6 Å². The number of carbonyl (C=O) groups excluding carboxylic acids is 2. The smallest absolute Gasteiger partial charge is 0.343 e. The summed E-state index contributed by atoms with van der Waals surface area (Å²) in [5.41, 5.74) is 2.17. The molecule has 0 unspecified atom stereocenters. The maximum atomic E-state index is 12.3.